The van der Waals surface area contributed by atoms with Crippen LogP contribution in [0.3, 0.4) is 0 Å². The summed E-state index contributed by atoms with van der Waals surface area (Å²) in [5, 5.41) is 10.0. The van der Waals surface area contributed by atoms with Gasteiger partial charge >= 0.3 is 0 Å². The van der Waals surface area contributed by atoms with Crippen molar-refractivity contribution in [3.63, 3.8) is 0 Å². The number of rotatable bonds is 2. The van der Waals surface area contributed by atoms with Crippen molar-refractivity contribution >= 4 is 29.5 Å². The van der Waals surface area contributed by atoms with Gasteiger partial charge in [0, 0.05) is 11.1 Å². The average Bonchev–Trinajstić information content (AvgIpc) is 2.30. The summed E-state index contributed by atoms with van der Waals surface area (Å²) >= 11 is 12.2. The van der Waals surface area contributed by atoms with E-state index in [1.165, 1.54) is 0 Å². The van der Waals surface area contributed by atoms with Gasteiger partial charge in [-0.3, -0.25) is 4.79 Å². The Morgan fingerprint density at radius 2 is 1.53 bits per heavy atom. The Bertz CT molecular complexity index is 539. The molecule has 0 amide bonds. The molecule has 0 spiro atoms. The van der Waals surface area contributed by atoms with E-state index in [-0.39, 0.29) is 5.75 Å². The van der Waals surface area contributed by atoms with Crippen molar-refractivity contribution in [3.05, 3.63) is 52.0 Å². The molecule has 0 aliphatic heterocycles. The van der Waals surface area contributed by atoms with Crippen molar-refractivity contribution in [1.29, 1.82) is 0 Å². The van der Waals surface area contributed by atoms with Gasteiger partial charge in [-0.05, 0) is 29.8 Å². The highest BCUT2D eigenvalue weighted by Gasteiger charge is 2.10. The van der Waals surface area contributed by atoms with E-state index in [4.69, 9.17) is 23.2 Å². The van der Waals surface area contributed by atoms with Crippen molar-refractivity contribution in [1.82, 2.24) is 0 Å². The highest BCUT2D eigenvalue weighted by molar-refractivity contribution is 6.39. The van der Waals surface area contributed by atoms with E-state index in [0.29, 0.717) is 27.5 Å². The topological polar surface area (TPSA) is 37.3 Å². The summed E-state index contributed by atoms with van der Waals surface area (Å²) < 4.78 is 0. The molecule has 0 aliphatic rings. The fourth-order valence-electron chi connectivity index (χ4n) is 1.56. The minimum atomic E-state index is 0.172. The zero-order chi connectivity index (χ0) is 12.4. The number of hydrogen-bond donors (Lipinski definition) is 1. The first kappa shape index (κ1) is 12.0. The van der Waals surface area contributed by atoms with E-state index in [2.05, 4.69) is 0 Å². The summed E-state index contributed by atoms with van der Waals surface area (Å²) in [5.74, 6) is 0.172. The van der Waals surface area contributed by atoms with Crippen LogP contribution in [0.25, 0.3) is 11.1 Å². The van der Waals surface area contributed by atoms with Gasteiger partial charge < -0.3 is 5.11 Å². The number of carbonyl (C=O) groups is 1. The molecule has 0 unspecified atom stereocenters. The molecule has 0 saturated carbocycles. The lowest BCUT2D eigenvalue weighted by atomic mass is 10.0. The lowest BCUT2D eigenvalue weighted by molar-refractivity contribution is 0.112. The van der Waals surface area contributed by atoms with Crippen LogP contribution in [-0.2, 0) is 0 Å². The zero-order valence-electron chi connectivity index (χ0n) is 8.65. The van der Waals surface area contributed by atoms with Gasteiger partial charge in [0.1, 0.15) is 12.0 Å². The number of phenolic OH excluding ortho intramolecular Hbond substituents is 1. The lowest BCUT2D eigenvalue weighted by Crippen LogP contribution is -1.86. The maximum absolute atomic E-state index is 10.7. The molecule has 0 saturated heterocycles. The second kappa shape index (κ2) is 4.78. The first-order valence-electron chi connectivity index (χ1n) is 4.85. The van der Waals surface area contributed by atoms with Gasteiger partial charge in [0.2, 0.25) is 0 Å². The van der Waals surface area contributed by atoms with E-state index < -0.39 is 0 Å². The molecule has 0 radical (unpaired) electrons. The molecule has 17 heavy (non-hydrogen) atoms. The Morgan fingerprint density at radius 3 is 2.00 bits per heavy atom. The Kier molecular flexibility index (Phi) is 3.36. The summed E-state index contributed by atoms with van der Waals surface area (Å²) in [7, 11) is 0. The summed E-state index contributed by atoms with van der Waals surface area (Å²) in [6, 6.07) is 9.64. The second-order valence-electron chi connectivity index (χ2n) is 3.52. The Labute approximate surface area is 108 Å². The van der Waals surface area contributed by atoms with E-state index in [1.807, 2.05) is 0 Å². The van der Waals surface area contributed by atoms with Crippen molar-refractivity contribution < 1.29 is 9.90 Å². The number of aldehydes is 1. The number of aromatic hydroxyl groups is 1. The third-order valence-electron chi connectivity index (χ3n) is 2.36. The van der Waals surface area contributed by atoms with Gasteiger partial charge in [0.25, 0.3) is 0 Å². The molecular weight excluding hydrogens is 259 g/mol. The van der Waals surface area contributed by atoms with Crippen molar-refractivity contribution in [2.75, 3.05) is 0 Å². The fraction of sp³-hybridized carbons (Fsp3) is 0. The number of halogens is 2. The summed E-state index contributed by atoms with van der Waals surface area (Å²) in [6.45, 7) is 0. The number of benzene rings is 2. The van der Waals surface area contributed by atoms with Gasteiger partial charge in [-0.1, -0.05) is 35.3 Å². The molecule has 1 N–H and O–H groups in total. The molecule has 2 nitrogen and oxygen atoms in total. The average molecular weight is 267 g/mol. The van der Waals surface area contributed by atoms with Gasteiger partial charge in [0.15, 0.2) is 0 Å². The molecule has 0 heterocycles. The van der Waals surface area contributed by atoms with Crippen molar-refractivity contribution in [2.24, 2.45) is 0 Å². The standard InChI is InChI=1S/C13H8Cl2O2/c14-11-5-8(7-16)6-12(15)13(11)9-1-3-10(17)4-2-9/h1-7,17H. The quantitative estimate of drug-likeness (QED) is 0.829. The molecule has 0 bridgehead atoms. The molecule has 0 atom stereocenters. The predicted molar refractivity (Wildman–Crippen MR) is 69.0 cm³/mol. The Morgan fingerprint density at radius 1 is 1.00 bits per heavy atom. The van der Waals surface area contributed by atoms with Crippen LogP contribution < -0.4 is 0 Å². The molecule has 86 valence electrons. The van der Waals surface area contributed by atoms with Crippen LogP contribution in [0.4, 0.5) is 0 Å². The monoisotopic (exact) mass is 266 g/mol. The summed E-state index contributed by atoms with van der Waals surface area (Å²) in [6.07, 6.45) is 0.693. The van der Waals surface area contributed by atoms with Crippen LogP contribution in [0.15, 0.2) is 36.4 Å². The van der Waals surface area contributed by atoms with E-state index in [0.717, 1.165) is 5.56 Å². The normalized spacial score (nSPS) is 10.2. The highest BCUT2D eigenvalue weighted by atomic mass is 35.5. The number of phenols is 1. The largest absolute Gasteiger partial charge is 0.508 e. The van der Waals surface area contributed by atoms with E-state index in [9.17, 15) is 9.90 Å². The highest BCUT2D eigenvalue weighted by Crippen LogP contribution is 2.36. The van der Waals surface area contributed by atoms with E-state index in [1.54, 1.807) is 36.4 Å². The van der Waals surface area contributed by atoms with E-state index >= 15 is 0 Å². The smallest absolute Gasteiger partial charge is 0.150 e. The molecule has 2 aromatic carbocycles. The minimum Gasteiger partial charge on any atom is -0.508 e. The molecule has 4 heteroatoms. The van der Waals surface area contributed by atoms with Gasteiger partial charge in [0.05, 0.1) is 10.0 Å². The summed E-state index contributed by atoms with van der Waals surface area (Å²) in [4.78, 5) is 10.7. The molecule has 2 rings (SSSR count). The van der Waals surface area contributed by atoms with Gasteiger partial charge in [-0.25, -0.2) is 0 Å². The third-order valence-corrected chi connectivity index (χ3v) is 2.95. The Balaban J connectivity index is 2.59. The van der Waals surface area contributed by atoms with Crippen LogP contribution in [0.5, 0.6) is 5.75 Å². The fourth-order valence-corrected chi connectivity index (χ4v) is 2.29. The van der Waals surface area contributed by atoms with Gasteiger partial charge in [-0.15, -0.1) is 0 Å². The van der Waals surface area contributed by atoms with Crippen LogP contribution in [-0.4, -0.2) is 11.4 Å². The molecule has 2 aromatic rings. The lowest BCUT2D eigenvalue weighted by Gasteiger charge is -2.08. The van der Waals surface area contributed by atoms with Crippen LogP contribution in [0, 0.1) is 0 Å². The first-order chi connectivity index (χ1) is 8.11. The number of hydrogen-bond acceptors (Lipinski definition) is 2. The zero-order valence-corrected chi connectivity index (χ0v) is 10.2. The van der Waals surface area contributed by atoms with Crippen molar-refractivity contribution in [2.45, 2.75) is 0 Å². The second-order valence-corrected chi connectivity index (χ2v) is 4.34. The van der Waals surface area contributed by atoms with Crippen LogP contribution in [0.2, 0.25) is 10.0 Å². The maximum Gasteiger partial charge on any atom is 0.150 e. The van der Waals surface area contributed by atoms with Crippen LogP contribution in [0.1, 0.15) is 10.4 Å². The summed E-state index contributed by atoms with van der Waals surface area (Å²) in [5.41, 5.74) is 1.87. The molecule has 0 aromatic heterocycles. The minimum absolute atomic E-state index is 0.172. The molecule has 0 fully saturated rings. The maximum atomic E-state index is 10.7. The molecule has 0 aliphatic carbocycles. The van der Waals surface area contributed by atoms with Crippen LogP contribution >= 0.6 is 23.2 Å². The number of carbonyl (C=O) groups excluding carboxylic acids is 1. The third kappa shape index (κ3) is 2.43. The SMILES string of the molecule is O=Cc1cc(Cl)c(-c2ccc(O)cc2)c(Cl)c1. The molecular formula is C13H8Cl2O2. The predicted octanol–water partition coefficient (Wildman–Crippen LogP) is 4.18. The Hall–Kier alpha value is -1.51. The van der Waals surface area contributed by atoms with Crippen molar-refractivity contribution in [3.8, 4) is 16.9 Å². The first-order valence-corrected chi connectivity index (χ1v) is 5.61. The van der Waals surface area contributed by atoms with Gasteiger partial charge in [-0.2, -0.15) is 0 Å².